The van der Waals surface area contributed by atoms with Gasteiger partial charge in [0.2, 0.25) is 5.91 Å². The molecule has 0 saturated heterocycles. The summed E-state index contributed by atoms with van der Waals surface area (Å²) in [5, 5.41) is 12.6. The first-order valence-electron chi connectivity index (χ1n) is 6.38. The minimum atomic E-state index is -0.669. The molecule has 0 aliphatic rings. The van der Waals surface area contributed by atoms with Gasteiger partial charge in [0.25, 0.3) is 0 Å². The number of carbonyl (C=O) groups is 1. The molecule has 18 heavy (non-hydrogen) atoms. The lowest BCUT2D eigenvalue weighted by molar-refractivity contribution is -0.121. The minimum absolute atomic E-state index is 0.0936. The molecule has 2 atom stereocenters. The standard InChI is InChI=1S/C14H22N2O2/c1-2-6-12(15)9-14(18)16-10-13(17)11-7-4-3-5-8-11/h3-5,7-8,12-13,17H,2,6,9-10,15H2,1H3,(H,16,18). The molecule has 100 valence electrons. The van der Waals surface area contributed by atoms with Crippen LogP contribution < -0.4 is 11.1 Å². The zero-order valence-electron chi connectivity index (χ0n) is 10.8. The van der Waals surface area contributed by atoms with E-state index in [0.717, 1.165) is 18.4 Å². The van der Waals surface area contributed by atoms with Gasteiger partial charge in [-0.1, -0.05) is 43.7 Å². The molecule has 0 aromatic heterocycles. The molecule has 2 unspecified atom stereocenters. The van der Waals surface area contributed by atoms with Gasteiger partial charge in [-0.15, -0.1) is 0 Å². The number of rotatable bonds is 7. The summed E-state index contributed by atoms with van der Waals surface area (Å²) in [7, 11) is 0. The first kappa shape index (κ1) is 14.7. The first-order chi connectivity index (χ1) is 8.63. The maximum absolute atomic E-state index is 11.6. The number of aliphatic hydroxyl groups is 1. The summed E-state index contributed by atoms with van der Waals surface area (Å²) in [6, 6.07) is 9.18. The largest absolute Gasteiger partial charge is 0.387 e. The molecular formula is C14H22N2O2. The third kappa shape index (κ3) is 5.29. The topological polar surface area (TPSA) is 75.4 Å². The Hall–Kier alpha value is -1.39. The molecular weight excluding hydrogens is 228 g/mol. The van der Waals surface area contributed by atoms with Crippen LogP contribution in [0, 0.1) is 0 Å². The summed E-state index contributed by atoms with van der Waals surface area (Å²) in [6.07, 6.45) is 1.46. The summed E-state index contributed by atoms with van der Waals surface area (Å²) in [5.41, 5.74) is 6.58. The summed E-state index contributed by atoms with van der Waals surface area (Å²) in [5.74, 6) is -0.106. The molecule has 4 N–H and O–H groups in total. The van der Waals surface area contributed by atoms with Crippen LogP contribution in [0.4, 0.5) is 0 Å². The molecule has 0 bridgehead atoms. The Kier molecular flexibility index (Phi) is 6.39. The van der Waals surface area contributed by atoms with Gasteiger partial charge < -0.3 is 16.2 Å². The van der Waals surface area contributed by atoms with Crippen LogP contribution in [0.15, 0.2) is 30.3 Å². The molecule has 0 fully saturated rings. The molecule has 0 radical (unpaired) electrons. The average Bonchev–Trinajstić information content (AvgIpc) is 2.37. The van der Waals surface area contributed by atoms with Crippen molar-refractivity contribution in [3.05, 3.63) is 35.9 Å². The van der Waals surface area contributed by atoms with Gasteiger partial charge in [-0.2, -0.15) is 0 Å². The maximum Gasteiger partial charge on any atom is 0.221 e. The van der Waals surface area contributed by atoms with Crippen LogP contribution in [0.3, 0.4) is 0 Å². The van der Waals surface area contributed by atoms with Gasteiger partial charge in [0.1, 0.15) is 0 Å². The summed E-state index contributed by atoms with van der Waals surface area (Å²) in [6.45, 7) is 2.26. The van der Waals surface area contributed by atoms with Gasteiger partial charge in [-0.05, 0) is 12.0 Å². The van der Waals surface area contributed by atoms with Crippen LogP contribution in [0.5, 0.6) is 0 Å². The Bertz CT molecular complexity index is 354. The number of hydrogen-bond acceptors (Lipinski definition) is 3. The zero-order valence-corrected chi connectivity index (χ0v) is 10.8. The van der Waals surface area contributed by atoms with Crippen LogP contribution in [0.1, 0.15) is 37.9 Å². The quantitative estimate of drug-likeness (QED) is 0.684. The van der Waals surface area contributed by atoms with E-state index in [2.05, 4.69) is 5.32 Å². The van der Waals surface area contributed by atoms with Crippen molar-refractivity contribution >= 4 is 5.91 Å². The Morgan fingerprint density at radius 3 is 2.67 bits per heavy atom. The number of amides is 1. The molecule has 1 amide bonds. The number of hydrogen-bond donors (Lipinski definition) is 3. The van der Waals surface area contributed by atoms with Gasteiger partial charge >= 0.3 is 0 Å². The van der Waals surface area contributed by atoms with E-state index in [1.165, 1.54) is 0 Å². The number of carbonyl (C=O) groups excluding carboxylic acids is 1. The predicted octanol–water partition coefficient (Wildman–Crippen LogP) is 1.35. The SMILES string of the molecule is CCCC(N)CC(=O)NCC(O)c1ccccc1. The van der Waals surface area contributed by atoms with Gasteiger partial charge in [-0.25, -0.2) is 0 Å². The van der Waals surface area contributed by atoms with Crippen LogP contribution in [-0.2, 0) is 4.79 Å². The summed E-state index contributed by atoms with van der Waals surface area (Å²) >= 11 is 0. The average molecular weight is 250 g/mol. The van der Waals surface area contributed by atoms with Crippen molar-refractivity contribution in [2.24, 2.45) is 5.73 Å². The van der Waals surface area contributed by atoms with Crippen molar-refractivity contribution < 1.29 is 9.90 Å². The van der Waals surface area contributed by atoms with E-state index >= 15 is 0 Å². The second-order valence-electron chi connectivity index (χ2n) is 4.48. The minimum Gasteiger partial charge on any atom is -0.387 e. The van der Waals surface area contributed by atoms with E-state index < -0.39 is 6.10 Å². The summed E-state index contributed by atoms with van der Waals surface area (Å²) in [4.78, 5) is 11.6. The highest BCUT2D eigenvalue weighted by atomic mass is 16.3. The van der Waals surface area contributed by atoms with Crippen molar-refractivity contribution in [2.45, 2.75) is 38.3 Å². The molecule has 4 nitrogen and oxygen atoms in total. The number of nitrogens with two attached hydrogens (primary N) is 1. The third-order valence-corrected chi connectivity index (χ3v) is 2.78. The Balaban J connectivity index is 2.30. The fourth-order valence-electron chi connectivity index (χ4n) is 1.79. The Labute approximate surface area is 108 Å². The Morgan fingerprint density at radius 2 is 2.06 bits per heavy atom. The molecule has 0 saturated carbocycles. The van der Waals surface area contributed by atoms with Gasteiger partial charge in [0, 0.05) is 19.0 Å². The normalized spacial score (nSPS) is 13.9. The molecule has 1 aromatic rings. The number of benzene rings is 1. The van der Waals surface area contributed by atoms with Crippen LogP contribution in [-0.4, -0.2) is 23.6 Å². The highest BCUT2D eigenvalue weighted by Crippen LogP contribution is 2.10. The number of nitrogens with one attached hydrogen (secondary N) is 1. The fourth-order valence-corrected chi connectivity index (χ4v) is 1.79. The Morgan fingerprint density at radius 1 is 1.39 bits per heavy atom. The lowest BCUT2D eigenvalue weighted by Gasteiger charge is -2.14. The van der Waals surface area contributed by atoms with Crippen molar-refractivity contribution in [1.82, 2.24) is 5.32 Å². The lowest BCUT2D eigenvalue weighted by atomic mass is 10.1. The summed E-state index contributed by atoms with van der Waals surface area (Å²) < 4.78 is 0. The molecule has 0 aliphatic carbocycles. The van der Waals surface area contributed by atoms with E-state index in [9.17, 15) is 9.90 Å². The van der Waals surface area contributed by atoms with E-state index in [0.29, 0.717) is 6.42 Å². The molecule has 1 aromatic carbocycles. The van der Waals surface area contributed by atoms with Crippen molar-refractivity contribution in [1.29, 1.82) is 0 Å². The van der Waals surface area contributed by atoms with Gasteiger partial charge in [0.15, 0.2) is 0 Å². The third-order valence-electron chi connectivity index (χ3n) is 2.78. The monoisotopic (exact) mass is 250 g/mol. The first-order valence-corrected chi connectivity index (χ1v) is 6.38. The predicted molar refractivity (Wildman–Crippen MR) is 71.9 cm³/mol. The zero-order chi connectivity index (χ0) is 13.4. The lowest BCUT2D eigenvalue weighted by Crippen LogP contribution is -2.33. The van der Waals surface area contributed by atoms with E-state index in [-0.39, 0.29) is 18.5 Å². The van der Waals surface area contributed by atoms with E-state index in [1.54, 1.807) is 0 Å². The fraction of sp³-hybridized carbons (Fsp3) is 0.500. The molecule has 0 spiro atoms. The number of aliphatic hydroxyl groups excluding tert-OH is 1. The second-order valence-corrected chi connectivity index (χ2v) is 4.48. The highest BCUT2D eigenvalue weighted by Gasteiger charge is 2.11. The van der Waals surface area contributed by atoms with E-state index in [1.807, 2.05) is 37.3 Å². The molecule has 1 rings (SSSR count). The maximum atomic E-state index is 11.6. The molecule has 4 heteroatoms. The van der Waals surface area contributed by atoms with Crippen LogP contribution >= 0.6 is 0 Å². The van der Waals surface area contributed by atoms with Crippen molar-refractivity contribution in [2.75, 3.05) is 6.54 Å². The van der Waals surface area contributed by atoms with Crippen LogP contribution in [0.25, 0.3) is 0 Å². The van der Waals surface area contributed by atoms with Gasteiger partial charge in [0.05, 0.1) is 6.10 Å². The van der Waals surface area contributed by atoms with Gasteiger partial charge in [-0.3, -0.25) is 4.79 Å². The highest BCUT2D eigenvalue weighted by molar-refractivity contribution is 5.76. The molecule has 0 heterocycles. The van der Waals surface area contributed by atoms with Crippen molar-refractivity contribution in [3.63, 3.8) is 0 Å². The van der Waals surface area contributed by atoms with Crippen LogP contribution in [0.2, 0.25) is 0 Å². The molecule has 0 aliphatic heterocycles. The smallest absolute Gasteiger partial charge is 0.221 e. The van der Waals surface area contributed by atoms with E-state index in [4.69, 9.17) is 5.73 Å². The second kappa shape index (κ2) is 7.84. The van der Waals surface area contributed by atoms with Crippen molar-refractivity contribution in [3.8, 4) is 0 Å².